The average molecular weight is 402 g/mol. The lowest BCUT2D eigenvalue weighted by Gasteiger charge is -2.21. The maximum absolute atomic E-state index is 12.5. The number of fused-ring (bicyclic) bond motifs is 2. The summed E-state index contributed by atoms with van der Waals surface area (Å²) in [6, 6.07) is 5.46. The number of rotatable bonds is 4. The van der Waals surface area contributed by atoms with E-state index in [0.717, 1.165) is 22.4 Å². The van der Waals surface area contributed by atoms with E-state index in [9.17, 15) is 4.79 Å². The molecule has 1 unspecified atom stereocenters. The maximum atomic E-state index is 12.5. The first-order chi connectivity index (χ1) is 13.4. The van der Waals surface area contributed by atoms with E-state index in [0.29, 0.717) is 22.1 Å². The van der Waals surface area contributed by atoms with E-state index >= 15 is 0 Å². The summed E-state index contributed by atoms with van der Waals surface area (Å²) < 4.78 is 17.9. The van der Waals surface area contributed by atoms with Crippen molar-refractivity contribution >= 4 is 23.2 Å². The smallest absolute Gasteiger partial charge is 0.344 e. The molecule has 0 aliphatic carbocycles. The normalized spacial score (nSPS) is 18.3. The number of nitrogens with zero attached hydrogens (tertiary/aromatic N) is 3. The Bertz CT molecular complexity index is 1090. The Morgan fingerprint density at radius 1 is 1.43 bits per heavy atom. The van der Waals surface area contributed by atoms with Crippen molar-refractivity contribution in [2.45, 2.75) is 33.0 Å². The van der Waals surface area contributed by atoms with Crippen molar-refractivity contribution < 1.29 is 19.0 Å². The second kappa shape index (κ2) is 6.76. The van der Waals surface area contributed by atoms with Gasteiger partial charge in [0.25, 0.3) is 0 Å². The number of hydrogen-bond donors (Lipinski definition) is 0. The molecule has 0 spiro atoms. The van der Waals surface area contributed by atoms with Crippen molar-refractivity contribution in [3.8, 4) is 16.9 Å². The van der Waals surface area contributed by atoms with Gasteiger partial charge in [-0.1, -0.05) is 11.6 Å². The van der Waals surface area contributed by atoms with Crippen LogP contribution in [0.3, 0.4) is 0 Å². The van der Waals surface area contributed by atoms with Gasteiger partial charge in [0.2, 0.25) is 5.60 Å². The summed E-state index contributed by atoms with van der Waals surface area (Å²) >= 11 is 6.49. The molecule has 8 heteroatoms. The van der Waals surface area contributed by atoms with Gasteiger partial charge in [-0.05, 0) is 39.0 Å². The van der Waals surface area contributed by atoms with Gasteiger partial charge in [0.05, 0.1) is 42.3 Å². The van der Waals surface area contributed by atoms with Crippen LogP contribution in [0.4, 0.5) is 0 Å². The number of carbonyl (C=O) groups excluding carboxylic acids is 1. The van der Waals surface area contributed by atoms with E-state index in [-0.39, 0.29) is 13.2 Å². The molecule has 1 aliphatic rings. The van der Waals surface area contributed by atoms with Crippen LogP contribution in [0, 0.1) is 6.92 Å². The van der Waals surface area contributed by atoms with Crippen LogP contribution in [-0.4, -0.2) is 34.3 Å². The predicted octanol–water partition coefficient (Wildman–Crippen LogP) is 3.68. The van der Waals surface area contributed by atoms with Crippen LogP contribution >= 0.6 is 11.6 Å². The molecule has 1 aliphatic heterocycles. The Labute approximate surface area is 167 Å². The number of aryl methyl sites for hydroxylation is 1. The summed E-state index contributed by atoms with van der Waals surface area (Å²) in [5.41, 5.74) is 3.08. The fraction of sp³-hybridized carbons (Fsp3) is 0.350. The molecule has 1 aromatic carbocycles. The Hall–Kier alpha value is -2.64. The predicted molar refractivity (Wildman–Crippen MR) is 103 cm³/mol. The third-order valence-electron chi connectivity index (χ3n) is 4.94. The van der Waals surface area contributed by atoms with Gasteiger partial charge in [-0.3, -0.25) is 0 Å². The highest BCUT2D eigenvalue weighted by molar-refractivity contribution is 6.33. The molecular formula is C20H20ClN3O4. The van der Waals surface area contributed by atoms with Crippen molar-refractivity contribution in [2.75, 3.05) is 13.7 Å². The highest BCUT2D eigenvalue weighted by atomic mass is 35.5. The number of benzene rings is 1. The van der Waals surface area contributed by atoms with E-state index in [4.69, 9.17) is 30.8 Å². The zero-order valence-electron chi connectivity index (χ0n) is 16.1. The van der Waals surface area contributed by atoms with Crippen LogP contribution in [0.1, 0.15) is 30.8 Å². The Kier molecular flexibility index (Phi) is 4.51. The lowest BCUT2D eigenvalue weighted by atomic mass is 10.0. The average Bonchev–Trinajstić information content (AvgIpc) is 3.17. The minimum atomic E-state index is -1.24. The Balaban J connectivity index is 1.91. The molecule has 0 radical (unpaired) electrons. The monoisotopic (exact) mass is 401 g/mol. The zero-order valence-corrected chi connectivity index (χ0v) is 16.8. The zero-order chi connectivity index (χ0) is 20.1. The molecule has 0 amide bonds. The molecule has 146 valence electrons. The van der Waals surface area contributed by atoms with E-state index < -0.39 is 11.6 Å². The first-order valence-corrected chi connectivity index (χ1v) is 9.31. The molecule has 0 fully saturated rings. The fourth-order valence-corrected chi connectivity index (χ4v) is 3.76. The second-order valence-electron chi connectivity index (χ2n) is 6.73. The van der Waals surface area contributed by atoms with Gasteiger partial charge in [-0.25, -0.2) is 14.3 Å². The van der Waals surface area contributed by atoms with Crippen molar-refractivity contribution in [3.63, 3.8) is 0 Å². The fourth-order valence-electron chi connectivity index (χ4n) is 3.49. The lowest BCUT2D eigenvalue weighted by molar-refractivity contribution is -0.170. The summed E-state index contributed by atoms with van der Waals surface area (Å²) in [6.45, 7) is 5.89. The molecule has 0 saturated carbocycles. The van der Waals surface area contributed by atoms with Gasteiger partial charge in [-0.2, -0.15) is 5.10 Å². The number of halogens is 1. The number of hydrogen-bond acceptors (Lipinski definition) is 6. The molecule has 0 bridgehead atoms. The molecular weight excluding hydrogens is 382 g/mol. The van der Waals surface area contributed by atoms with Crippen molar-refractivity contribution in [3.05, 3.63) is 46.4 Å². The van der Waals surface area contributed by atoms with Crippen LogP contribution < -0.4 is 4.74 Å². The quantitative estimate of drug-likeness (QED) is 0.621. The van der Waals surface area contributed by atoms with Crippen molar-refractivity contribution in [1.82, 2.24) is 14.6 Å². The lowest BCUT2D eigenvalue weighted by Crippen LogP contribution is -2.34. The van der Waals surface area contributed by atoms with E-state index in [1.807, 2.05) is 25.3 Å². The number of esters is 1. The molecule has 1 atom stereocenters. The van der Waals surface area contributed by atoms with Crippen molar-refractivity contribution in [2.24, 2.45) is 0 Å². The molecule has 0 N–H and O–H groups in total. The SMILES string of the molecule is CCOC(=O)C1(C)OCc2cn3nc(C)c(-c4ccc(OC)cc4Cl)c3nc21. The molecule has 4 rings (SSSR count). The van der Waals surface area contributed by atoms with Crippen LogP contribution in [-0.2, 0) is 26.5 Å². The maximum Gasteiger partial charge on any atom is 0.344 e. The molecule has 3 aromatic rings. The summed E-state index contributed by atoms with van der Waals surface area (Å²) in [4.78, 5) is 17.3. The summed E-state index contributed by atoms with van der Waals surface area (Å²) in [5, 5.41) is 5.10. The highest BCUT2D eigenvalue weighted by Crippen LogP contribution is 2.39. The van der Waals surface area contributed by atoms with Crippen molar-refractivity contribution in [1.29, 1.82) is 0 Å². The molecule has 2 aromatic heterocycles. The van der Waals surface area contributed by atoms with Crippen LogP contribution in [0.5, 0.6) is 5.75 Å². The highest BCUT2D eigenvalue weighted by Gasteiger charge is 2.46. The first kappa shape index (κ1) is 18.7. The van der Waals surface area contributed by atoms with E-state index in [1.165, 1.54) is 0 Å². The van der Waals surface area contributed by atoms with Gasteiger partial charge in [0.15, 0.2) is 5.65 Å². The van der Waals surface area contributed by atoms with Gasteiger partial charge >= 0.3 is 5.97 Å². The minimum absolute atomic E-state index is 0.269. The van der Waals surface area contributed by atoms with Gasteiger partial charge in [0, 0.05) is 17.3 Å². The number of methoxy groups -OCH3 is 1. The van der Waals surface area contributed by atoms with Crippen LogP contribution in [0.15, 0.2) is 24.4 Å². The standard InChI is InChI=1S/C20H20ClN3O4/c1-5-27-19(25)20(3)17-12(10-28-20)9-24-18(22-17)16(11(2)23-24)14-7-6-13(26-4)8-15(14)21/h6-9H,5,10H2,1-4H3. The third-order valence-corrected chi connectivity index (χ3v) is 5.25. The summed E-state index contributed by atoms with van der Waals surface area (Å²) in [5.74, 6) is 0.214. The minimum Gasteiger partial charge on any atom is -0.497 e. The van der Waals surface area contributed by atoms with E-state index in [1.54, 1.807) is 31.5 Å². The third kappa shape index (κ3) is 2.73. The summed E-state index contributed by atoms with van der Waals surface area (Å²) in [6.07, 6.45) is 1.84. The van der Waals surface area contributed by atoms with E-state index in [2.05, 4.69) is 5.10 Å². The number of aromatic nitrogens is 3. The second-order valence-corrected chi connectivity index (χ2v) is 7.14. The summed E-state index contributed by atoms with van der Waals surface area (Å²) in [7, 11) is 1.59. The topological polar surface area (TPSA) is 75.0 Å². The largest absolute Gasteiger partial charge is 0.497 e. The van der Waals surface area contributed by atoms with Crippen LogP contribution in [0.25, 0.3) is 16.8 Å². The molecule has 0 saturated heterocycles. The molecule has 28 heavy (non-hydrogen) atoms. The van der Waals surface area contributed by atoms with Gasteiger partial charge in [0.1, 0.15) is 5.75 Å². The number of carbonyl (C=O) groups is 1. The molecule has 7 nitrogen and oxygen atoms in total. The number of ether oxygens (including phenoxy) is 3. The first-order valence-electron chi connectivity index (χ1n) is 8.93. The van der Waals surface area contributed by atoms with Gasteiger partial charge in [-0.15, -0.1) is 0 Å². The van der Waals surface area contributed by atoms with Gasteiger partial charge < -0.3 is 14.2 Å². The Morgan fingerprint density at radius 2 is 2.21 bits per heavy atom. The Morgan fingerprint density at radius 3 is 2.89 bits per heavy atom. The molecule has 3 heterocycles. The van der Waals surface area contributed by atoms with Crippen LogP contribution in [0.2, 0.25) is 5.02 Å².